The molecule has 1 aliphatic heterocycles. The van der Waals surface area contributed by atoms with Crippen molar-refractivity contribution in [2.45, 2.75) is 38.6 Å². The molecule has 1 aliphatic rings. The van der Waals surface area contributed by atoms with E-state index < -0.39 is 0 Å². The fourth-order valence-corrected chi connectivity index (χ4v) is 3.66. The van der Waals surface area contributed by atoms with Gasteiger partial charge in [-0.2, -0.15) is 4.98 Å². The Morgan fingerprint density at radius 1 is 1.19 bits per heavy atom. The van der Waals surface area contributed by atoms with Crippen molar-refractivity contribution in [1.29, 1.82) is 0 Å². The van der Waals surface area contributed by atoms with Gasteiger partial charge < -0.3 is 14.0 Å². The molecule has 4 rings (SSSR count). The zero-order valence-electron chi connectivity index (χ0n) is 15.9. The van der Waals surface area contributed by atoms with Crippen molar-refractivity contribution in [3.8, 4) is 11.3 Å². The number of aromatic nitrogens is 3. The lowest BCUT2D eigenvalue weighted by molar-refractivity contribution is 0.0700. The minimum Gasteiger partial charge on any atom is -0.340 e. The van der Waals surface area contributed by atoms with Crippen LogP contribution < -0.4 is 0 Å². The third-order valence-corrected chi connectivity index (χ3v) is 5.18. The Balaban J connectivity index is 1.61. The SMILES string of the molecule is CC(C)c1noc([C@@H]2CCCN2C(=O)c2ccc(-c3ccccc3)n2C)n1. The lowest BCUT2D eigenvalue weighted by Gasteiger charge is -2.22. The van der Waals surface area contributed by atoms with Crippen LogP contribution in [0, 0.1) is 0 Å². The van der Waals surface area contributed by atoms with Gasteiger partial charge in [0.15, 0.2) is 5.82 Å². The molecule has 0 bridgehead atoms. The number of hydrogen-bond donors (Lipinski definition) is 0. The second-order valence-electron chi connectivity index (χ2n) is 7.33. The Kier molecular flexibility index (Phi) is 4.56. The van der Waals surface area contributed by atoms with Crippen LogP contribution in [0.25, 0.3) is 11.3 Å². The van der Waals surface area contributed by atoms with Gasteiger partial charge in [0.2, 0.25) is 5.89 Å². The van der Waals surface area contributed by atoms with Gasteiger partial charge in [-0.15, -0.1) is 0 Å². The van der Waals surface area contributed by atoms with Crippen LogP contribution in [0.15, 0.2) is 47.0 Å². The minimum atomic E-state index is -0.146. The summed E-state index contributed by atoms with van der Waals surface area (Å²) in [5, 5.41) is 4.06. The maximum Gasteiger partial charge on any atom is 0.271 e. The number of carbonyl (C=O) groups is 1. The van der Waals surface area contributed by atoms with E-state index in [4.69, 9.17) is 4.52 Å². The lowest BCUT2D eigenvalue weighted by Crippen LogP contribution is -2.32. The van der Waals surface area contributed by atoms with Crippen molar-refractivity contribution >= 4 is 5.91 Å². The molecule has 2 aromatic heterocycles. The molecule has 6 heteroatoms. The smallest absolute Gasteiger partial charge is 0.271 e. The van der Waals surface area contributed by atoms with Crippen LogP contribution in [0.5, 0.6) is 0 Å². The van der Waals surface area contributed by atoms with Gasteiger partial charge in [-0.25, -0.2) is 0 Å². The normalized spacial score (nSPS) is 17.0. The number of hydrogen-bond acceptors (Lipinski definition) is 4. The molecule has 1 fully saturated rings. The zero-order valence-corrected chi connectivity index (χ0v) is 15.9. The predicted octanol–water partition coefficient (Wildman–Crippen LogP) is 4.18. The van der Waals surface area contributed by atoms with Crippen molar-refractivity contribution in [2.75, 3.05) is 6.54 Å². The quantitative estimate of drug-likeness (QED) is 0.697. The molecule has 3 aromatic rings. The van der Waals surface area contributed by atoms with E-state index in [0.29, 0.717) is 24.0 Å². The third-order valence-electron chi connectivity index (χ3n) is 5.18. The van der Waals surface area contributed by atoms with Crippen molar-refractivity contribution < 1.29 is 9.32 Å². The molecule has 1 saturated heterocycles. The van der Waals surface area contributed by atoms with Crippen LogP contribution >= 0.6 is 0 Å². The van der Waals surface area contributed by atoms with E-state index >= 15 is 0 Å². The number of benzene rings is 1. The van der Waals surface area contributed by atoms with E-state index in [1.165, 1.54) is 0 Å². The van der Waals surface area contributed by atoms with E-state index in [9.17, 15) is 4.79 Å². The molecular weight excluding hydrogens is 340 g/mol. The molecule has 140 valence electrons. The highest BCUT2D eigenvalue weighted by Gasteiger charge is 2.35. The van der Waals surface area contributed by atoms with E-state index in [1.54, 1.807) is 0 Å². The van der Waals surface area contributed by atoms with E-state index in [2.05, 4.69) is 10.1 Å². The first kappa shape index (κ1) is 17.5. The summed E-state index contributed by atoms with van der Waals surface area (Å²) in [6.45, 7) is 4.76. The van der Waals surface area contributed by atoms with Crippen molar-refractivity contribution in [3.63, 3.8) is 0 Å². The first-order chi connectivity index (χ1) is 13.1. The van der Waals surface area contributed by atoms with Crippen LogP contribution in [-0.2, 0) is 7.05 Å². The fourth-order valence-electron chi connectivity index (χ4n) is 3.66. The van der Waals surface area contributed by atoms with E-state index in [-0.39, 0.29) is 17.9 Å². The maximum atomic E-state index is 13.3. The highest BCUT2D eigenvalue weighted by Crippen LogP contribution is 2.33. The average Bonchev–Trinajstić information content (AvgIpc) is 3.40. The van der Waals surface area contributed by atoms with Gasteiger partial charge in [-0.05, 0) is 30.5 Å². The van der Waals surface area contributed by atoms with Crippen molar-refractivity contribution in [3.05, 3.63) is 59.9 Å². The van der Waals surface area contributed by atoms with Gasteiger partial charge in [0, 0.05) is 25.2 Å². The summed E-state index contributed by atoms with van der Waals surface area (Å²) in [6.07, 6.45) is 1.78. The molecular formula is C21H24N4O2. The van der Waals surface area contributed by atoms with E-state index in [0.717, 1.165) is 24.1 Å². The van der Waals surface area contributed by atoms with Crippen LogP contribution in [-0.4, -0.2) is 32.1 Å². The second kappa shape index (κ2) is 7.02. The van der Waals surface area contributed by atoms with E-state index in [1.807, 2.05) is 72.8 Å². The Morgan fingerprint density at radius 2 is 1.96 bits per heavy atom. The molecule has 0 radical (unpaired) electrons. The van der Waals surface area contributed by atoms with Crippen LogP contribution in [0.4, 0.5) is 0 Å². The molecule has 0 spiro atoms. The summed E-state index contributed by atoms with van der Waals surface area (Å²) in [7, 11) is 1.93. The molecule has 1 aromatic carbocycles. The lowest BCUT2D eigenvalue weighted by atomic mass is 10.2. The van der Waals surface area contributed by atoms with Gasteiger partial charge in [-0.3, -0.25) is 4.79 Å². The largest absolute Gasteiger partial charge is 0.340 e. The van der Waals surface area contributed by atoms with Crippen LogP contribution in [0.3, 0.4) is 0 Å². The Labute approximate surface area is 158 Å². The monoisotopic (exact) mass is 364 g/mol. The standard InChI is InChI=1S/C21H24N4O2/c1-14(2)19-22-20(27-23-19)17-10-7-13-25(17)21(26)18-12-11-16(24(18)3)15-8-5-4-6-9-15/h4-6,8-9,11-12,14,17H,7,10,13H2,1-3H3/t17-/m0/s1. The first-order valence-corrected chi connectivity index (χ1v) is 9.42. The molecule has 0 unspecified atom stereocenters. The Hall–Kier alpha value is -2.89. The second-order valence-corrected chi connectivity index (χ2v) is 7.33. The Morgan fingerprint density at radius 3 is 2.67 bits per heavy atom. The first-order valence-electron chi connectivity index (χ1n) is 9.42. The molecule has 1 amide bonds. The third kappa shape index (κ3) is 3.16. The fraction of sp³-hybridized carbons (Fsp3) is 0.381. The maximum absolute atomic E-state index is 13.3. The number of carbonyl (C=O) groups excluding carboxylic acids is 1. The Bertz CT molecular complexity index is 942. The molecule has 27 heavy (non-hydrogen) atoms. The number of nitrogens with zero attached hydrogens (tertiary/aromatic N) is 4. The average molecular weight is 364 g/mol. The van der Waals surface area contributed by atoms with Crippen LogP contribution in [0.2, 0.25) is 0 Å². The molecule has 6 nitrogen and oxygen atoms in total. The summed E-state index contributed by atoms with van der Waals surface area (Å²) >= 11 is 0. The molecule has 0 saturated carbocycles. The summed E-state index contributed by atoms with van der Waals surface area (Å²) in [5.74, 6) is 1.44. The highest BCUT2D eigenvalue weighted by molar-refractivity contribution is 5.94. The number of rotatable bonds is 4. The summed E-state index contributed by atoms with van der Waals surface area (Å²) in [5.41, 5.74) is 2.79. The van der Waals surface area contributed by atoms with Crippen LogP contribution in [0.1, 0.15) is 60.9 Å². The van der Waals surface area contributed by atoms with Crippen molar-refractivity contribution in [2.24, 2.45) is 7.05 Å². The molecule has 1 atom stereocenters. The van der Waals surface area contributed by atoms with Crippen molar-refractivity contribution in [1.82, 2.24) is 19.6 Å². The summed E-state index contributed by atoms with van der Waals surface area (Å²) in [6, 6.07) is 13.8. The van der Waals surface area contributed by atoms with Gasteiger partial charge >= 0.3 is 0 Å². The topological polar surface area (TPSA) is 64.2 Å². The summed E-state index contributed by atoms with van der Waals surface area (Å²) < 4.78 is 7.43. The van der Waals surface area contributed by atoms with Gasteiger partial charge in [0.25, 0.3) is 5.91 Å². The number of likely N-dealkylation sites (tertiary alicyclic amines) is 1. The van der Waals surface area contributed by atoms with Gasteiger partial charge in [0.05, 0.1) is 0 Å². The number of amides is 1. The van der Waals surface area contributed by atoms with Gasteiger partial charge in [0.1, 0.15) is 11.7 Å². The minimum absolute atomic E-state index is 0.00600. The molecule has 0 N–H and O–H groups in total. The predicted molar refractivity (Wildman–Crippen MR) is 102 cm³/mol. The zero-order chi connectivity index (χ0) is 19.0. The molecule has 0 aliphatic carbocycles. The highest BCUT2D eigenvalue weighted by atomic mass is 16.5. The summed E-state index contributed by atoms with van der Waals surface area (Å²) in [4.78, 5) is 19.6. The van der Waals surface area contributed by atoms with Gasteiger partial charge in [-0.1, -0.05) is 49.3 Å². The molecule has 3 heterocycles.